The summed E-state index contributed by atoms with van der Waals surface area (Å²) < 4.78 is 6.23. The van der Waals surface area contributed by atoms with Crippen LogP contribution in [0.4, 0.5) is 0 Å². The first-order valence-corrected chi connectivity index (χ1v) is 7.47. The first-order valence-electron chi connectivity index (χ1n) is 5.84. The van der Waals surface area contributed by atoms with E-state index < -0.39 is 9.04 Å². The molecule has 0 aliphatic heterocycles. The summed E-state index contributed by atoms with van der Waals surface area (Å²) in [6.45, 7) is 13.7. The molecule has 0 aromatic heterocycles. The summed E-state index contributed by atoms with van der Waals surface area (Å²) in [5.74, 6) is 0.893. The molecule has 0 bridgehead atoms. The van der Waals surface area contributed by atoms with Gasteiger partial charge in [0.2, 0.25) is 9.04 Å². The van der Waals surface area contributed by atoms with E-state index in [1.807, 2.05) is 24.3 Å². The lowest BCUT2D eigenvalue weighted by molar-refractivity contribution is 0.461. The van der Waals surface area contributed by atoms with Crippen molar-refractivity contribution in [2.45, 2.75) is 51.6 Å². The number of hydrogen-bond acceptors (Lipinski definition) is 1. The van der Waals surface area contributed by atoms with Gasteiger partial charge in [-0.1, -0.05) is 59.7 Å². The van der Waals surface area contributed by atoms with E-state index in [-0.39, 0.29) is 10.1 Å². The van der Waals surface area contributed by atoms with Crippen LogP contribution in [0.3, 0.4) is 0 Å². The van der Waals surface area contributed by atoms with E-state index in [9.17, 15) is 0 Å². The maximum Gasteiger partial charge on any atom is 0.246 e. The van der Waals surface area contributed by atoms with Gasteiger partial charge in [0.1, 0.15) is 5.75 Å². The molecule has 1 radical (unpaired) electrons. The van der Waals surface area contributed by atoms with Crippen LogP contribution in [-0.2, 0) is 0 Å². The van der Waals surface area contributed by atoms with Crippen molar-refractivity contribution >= 4 is 9.04 Å². The molecule has 0 fully saturated rings. The molecular weight excluding hydrogens is 212 g/mol. The van der Waals surface area contributed by atoms with Crippen molar-refractivity contribution in [3.63, 3.8) is 0 Å². The number of para-hydroxylation sites is 1. The zero-order chi connectivity index (χ0) is 12.4. The highest BCUT2D eigenvalue weighted by molar-refractivity contribution is 6.59. The van der Waals surface area contributed by atoms with Crippen LogP contribution < -0.4 is 4.43 Å². The molecule has 0 saturated carbocycles. The summed E-state index contributed by atoms with van der Waals surface area (Å²) >= 11 is 0. The van der Waals surface area contributed by atoms with Gasteiger partial charge in [-0.3, -0.25) is 0 Å². The Morgan fingerprint density at radius 2 is 1.56 bits per heavy atom. The minimum Gasteiger partial charge on any atom is -0.545 e. The van der Waals surface area contributed by atoms with Crippen LogP contribution in [-0.4, -0.2) is 9.04 Å². The van der Waals surface area contributed by atoms with Gasteiger partial charge in [0, 0.05) is 6.07 Å². The fourth-order valence-electron chi connectivity index (χ4n) is 2.23. The molecule has 1 aromatic carbocycles. The highest BCUT2D eigenvalue weighted by Crippen LogP contribution is 2.42. The van der Waals surface area contributed by atoms with Crippen LogP contribution >= 0.6 is 0 Å². The summed E-state index contributed by atoms with van der Waals surface area (Å²) in [5, 5.41) is 0.504. The van der Waals surface area contributed by atoms with E-state index in [1.165, 1.54) is 0 Å². The zero-order valence-electron chi connectivity index (χ0n) is 11.3. The Morgan fingerprint density at radius 1 is 1.00 bits per heavy atom. The summed E-state index contributed by atoms with van der Waals surface area (Å²) in [5.41, 5.74) is 0. The van der Waals surface area contributed by atoms with Crippen molar-refractivity contribution in [2.24, 2.45) is 0 Å². The molecule has 0 atom stereocenters. The van der Waals surface area contributed by atoms with Crippen LogP contribution in [0.5, 0.6) is 5.75 Å². The molecule has 16 heavy (non-hydrogen) atoms. The van der Waals surface area contributed by atoms with Crippen LogP contribution in [0.15, 0.2) is 24.3 Å². The Labute approximate surface area is 102 Å². The molecule has 89 valence electrons. The van der Waals surface area contributed by atoms with Gasteiger partial charge in [-0.15, -0.1) is 0 Å². The van der Waals surface area contributed by atoms with Gasteiger partial charge in [-0.25, -0.2) is 0 Å². The molecule has 1 aromatic rings. The minimum atomic E-state index is -1.37. The second-order valence-electron chi connectivity index (χ2n) is 6.46. The van der Waals surface area contributed by atoms with E-state index in [0.29, 0.717) is 0 Å². The van der Waals surface area contributed by atoms with Gasteiger partial charge in [0.15, 0.2) is 0 Å². The smallest absolute Gasteiger partial charge is 0.246 e. The Kier molecular flexibility index (Phi) is 3.84. The maximum atomic E-state index is 6.23. The number of rotatable bonds is 2. The lowest BCUT2D eigenvalue weighted by Crippen LogP contribution is -2.40. The highest BCUT2D eigenvalue weighted by Gasteiger charge is 2.39. The second kappa shape index (κ2) is 4.62. The SMILES string of the molecule is CC(C)(C)[SiH](Oc1[c]cccc1)C(C)(C)C. The summed E-state index contributed by atoms with van der Waals surface area (Å²) in [6, 6.07) is 11.0. The van der Waals surface area contributed by atoms with Gasteiger partial charge in [0.25, 0.3) is 0 Å². The van der Waals surface area contributed by atoms with Crippen molar-refractivity contribution in [3.05, 3.63) is 30.3 Å². The van der Waals surface area contributed by atoms with E-state index in [4.69, 9.17) is 4.43 Å². The predicted octanol–water partition coefficient (Wildman–Crippen LogP) is 4.19. The third kappa shape index (κ3) is 3.67. The molecular formula is C14H23OSi. The Balaban J connectivity index is 2.89. The third-order valence-electron chi connectivity index (χ3n) is 2.50. The van der Waals surface area contributed by atoms with Crippen LogP contribution in [0.2, 0.25) is 10.1 Å². The van der Waals surface area contributed by atoms with Gasteiger partial charge in [-0.2, -0.15) is 0 Å². The molecule has 0 unspecified atom stereocenters. The van der Waals surface area contributed by atoms with Crippen LogP contribution in [0.1, 0.15) is 41.5 Å². The zero-order valence-corrected chi connectivity index (χ0v) is 12.4. The monoisotopic (exact) mass is 235 g/mol. The van der Waals surface area contributed by atoms with Gasteiger partial charge >= 0.3 is 0 Å². The molecule has 1 nitrogen and oxygen atoms in total. The largest absolute Gasteiger partial charge is 0.545 e. The summed E-state index contributed by atoms with van der Waals surface area (Å²) in [4.78, 5) is 0. The minimum absolute atomic E-state index is 0.252. The fourth-order valence-corrected chi connectivity index (χ4v) is 5.94. The van der Waals surface area contributed by atoms with Crippen molar-refractivity contribution in [3.8, 4) is 5.75 Å². The molecule has 0 N–H and O–H groups in total. The molecule has 0 spiro atoms. The average Bonchev–Trinajstić information content (AvgIpc) is 2.12. The van der Waals surface area contributed by atoms with E-state index in [2.05, 4.69) is 47.6 Å². The number of benzene rings is 1. The van der Waals surface area contributed by atoms with E-state index >= 15 is 0 Å². The molecule has 0 saturated heterocycles. The molecule has 0 amide bonds. The van der Waals surface area contributed by atoms with Gasteiger partial charge in [-0.05, 0) is 16.1 Å². The van der Waals surface area contributed by atoms with Gasteiger partial charge < -0.3 is 4.43 Å². The molecule has 1 rings (SSSR count). The number of hydrogen-bond donors (Lipinski definition) is 0. The third-order valence-corrected chi connectivity index (χ3v) is 6.13. The topological polar surface area (TPSA) is 9.23 Å². The lowest BCUT2D eigenvalue weighted by Gasteiger charge is -2.38. The lowest BCUT2D eigenvalue weighted by atomic mass is 10.2. The highest BCUT2D eigenvalue weighted by atomic mass is 28.3. The Bertz CT molecular complexity index is 305. The Morgan fingerprint density at radius 3 is 1.94 bits per heavy atom. The summed E-state index contributed by atoms with van der Waals surface area (Å²) in [7, 11) is -1.37. The Hall–Kier alpha value is -0.763. The van der Waals surface area contributed by atoms with E-state index in [1.54, 1.807) is 0 Å². The quantitative estimate of drug-likeness (QED) is 0.698. The van der Waals surface area contributed by atoms with E-state index in [0.717, 1.165) is 5.75 Å². The van der Waals surface area contributed by atoms with Crippen molar-refractivity contribution in [1.29, 1.82) is 0 Å². The second-order valence-corrected chi connectivity index (χ2v) is 10.9. The van der Waals surface area contributed by atoms with Crippen molar-refractivity contribution in [2.75, 3.05) is 0 Å². The first kappa shape index (κ1) is 13.3. The fraction of sp³-hybridized carbons (Fsp3) is 0.571. The maximum absolute atomic E-state index is 6.23. The van der Waals surface area contributed by atoms with Crippen molar-refractivity contribution in [1.82, 2.24) is 0 Å². The molecule has 2 heteroatoms. The van der Waals surface area contributed by atoms with Crippen LogP contribution in [0.25, 0.3) is 0 Å². The van der Waals surface area contributed by atoms with Gasteiger partial charge in [0.05, 0.1) is 0 Å². The molecule has 0 heterocycles. The molecule has 0 aliphatic rings. The van der Waals surface area contributed by atoms with Crippen molar-refractivity contribution < 1.29 is 4.43 Å². The summed E-state index contributed by atoms with van der Waals surface area (Å²) in [6.07, 6.45) is 0. The standard InChI is InChI=1S/C14H23OSi/c1-13(2,3)16(14(4,5)6)15-12-10-8-7-9-11-12/h7-10,16H,1-6H3. The normalized spacial score (nSPS) is 12.9. The van der Waals surface area contributed by atoms with Crippen LogP contribution in [0, 0.1) is 6.07 Å². The average molecular weight is 235 g/mol. The predicted molar refractivity (Wildman–Crippen MR) is 72.5 cm³/mol. The molecule has 0 aliphatic carbocycles. The first-order chi connectivity index (χ1) is 7.21.